The van der Waals surface area contributed by atoms with Crippen LogP contribution in [0.2, 0.25) is 0 Å². The second-order valence-electron chi connectivity index (χ2n) is 4.21. The van der Waals surface area contributed by atoms with E-state index in [1.807, 2.05) is 12.1 Å². The Morgan fingerprint density at radius 3 is 2.86 bits per heavy atom. The molecule has 14 heavy (non-hydrogen) atoms. The van der Waals surface area contributed by atoms with Crippen molar-refractivity contribution < 1.29 is 5.11 Å². The summed E-state index contributed by atoms with van der Waals surface area (Å²) in [5.74, 6) is 0. The predicted molar refractivity (Wildman–Crippen MR) is 55.7 cm³/mol. The molecule has 0 spiro atoms. The lowest BCUT2D eigenvalue weighted by atomic mass is 9.62. The van der Waals surface area contributed by atoms with Crippen LogP contribution >= 0.6 is 0 Å². The molecule has 1 saturated carbocycles. The lowest BCUT2D eigenvalue weighted by molar-refractivity contribution is 0.0260. The molecule has 2 atom stereocenters. The molecule has 2 rings (SSSR count). The van der Waals surface area contributed by atoms with E-state index in [0.717, 1.165) is 24.0 Å². The van der Waals surface area contributed by atoms with E-state index >= 15 is 0 Å². The maximum atomic E-state index is 10.2. The molecule has 1 fully saturated rings. The topological polar surface area (TPSA) is 33.1 Å². The molecule has 0 saturated heterocycles. The first-order valence-corrected chi connectivity index (χ1v) is 4.91. The molecule has 1 heterocycles. The van der Waals surface area contributed by atoms with Crippen molar-refractivity contribution in [1.29, 1.82) is 0 Å². The highest BCUT2D eigenvalue weighted by Gasteiger charge is 2.42. The number of aliphatic hydroxyl groups excluding tert-OH is 1. The number of rotatable bonds is 2. The maximum absolute atomic E-state index is 10.2. The first-order chi connectivity index (χ1) is 6.64. The molecule has 0 aliphatic heterocycles. The molecule has 2 nitrogen and oxygen atoms in total. The molecule has 0 aromatic carbocycles. The molecule has 0 amide bonds. The Bertz CT molecular complexity index is 347. The molecular weight excluding hydrogens is 174 g/mol. The Morgan fingerprint density at radius 2 is 2.43 bits per heavy atom. The minimum atomic E-state index is -0.461. The summed E-state index contributed by atoms with van der Waals surface area (Å²) >= 11 is 0. The van der Waals surface area contributed by atoms with E-state index < -0.39 is 6.10 Å². The third-order valence-electron chi connectivity index (χ3n) is 3.36. The van der Waals surface area contributed by atoms with Crippen molar-refractivity contribution in [3.63, 3.8) is 0 Å². The summed E-state index contributed by atoms with van der Waals surface area (Å²) in [7, 11) is 0. The van der Waals surface area contributed by atoms with Crippen LogP contribution in [-0.4, -0.2) is 10.1 Å². The van der Waals surface area contributed by atoms with Gasteiger partial charge in [0.15, 0.2) is 0 Å². The van der Waals surface area contributed by atoms with Gasteiger partial charge in [-0.25, -0.2) is 0 Å². The van der Waals surface area contributed by atoms with E-state index in [9.17, 15) is 5.11 Å². The summed E-state index contributed by atoms with van der Waals surface area (Å²) < 4.78 is 0. The van der Waals surface area contributed by atoms with Crippen LogP contribution in [0, 0.1) is 5.41 Å². The van der Waals surface area contributed by atoms with Crippen LogP contribution in [0.4, 0.5) is 0 Å². The summed E-state index contributed by atoms with van der Waals surface area (Å²) in [6, 6.07) is 3.76. The van der Waals surface area contributed by atoms with Gasteiger partial charge in [-0.1, -0.05) is 25.1 Å². The van der Waals surface area contributed by atoms with Crippen LogP contribution in [0.25, 0.3) is 0 Å². The van der Waals surface area contributed by atoms with E-state index in [2.05, 4.69) is 18.5 Å². The van der Waals surface area contributed by atoms with Crippen LogP contribution < -0.4 is 0 Å². The Balaban J connectivity index is 2.24. The van der Waals surface area contributed by atoms with E-state index in [1.165, 1.54) is 0 Å². The number of pyridine rings is 1. The number of aromatic nitrogens is 1. The minimum absolute atomic E-state index is 0.136. The molecule has 74 valence electrons. The molecule has 1 N–H and O–H groups in total. The monoisotopic (exact) mass is 189 g/mol. The molecule has 1 aromatic heterocycles. The van der Waals surface area contributed by atoms with E-state index in [0.29, 0.717) is 0 Å². The van der Waals surface area contributed by atoms with Gasteiger partial charge >= 0.3 is 0 Å². The van der Waals surface area contributed by atoms with Gasteiger partial charge in [-0.15, -0.1) is 0 Å². The first kappa shape index (κ1) is 9.41. The van der Waals surface area contributed by atoms with Gasteiger partial charge in [-0.2, -0.15) is 0 Å². The van der Waals surface area contributed by atoms with Gasteiger partial charge in [-0.3, -0.25) is 4.98 Å². The molecule has 2 heteroatoms. The zero-order valence-electron chi connectivity index (χ0n) is 8.40. The van der Waals surface area contributed by atoms with Crippen molar-refractivity contribution in [2.24, 2.45) is 5.41 Å². The average Bonchev–Trinajstić information content (AvgIpc) is 2.26. The lowest BCUT2D eigenvalue weighted by Crippen LogP contribution is -2.35. The Hall–Kier alpha value is -1.15. The van der Waals surface area contributed by atoms with Gasteiger partial charge in [0.1, 0.15) is 0 Å². The van der Waals surface area contributed by atoms with Crippen molar-refractivity contribution in [1.82, 2.24) is 4.98 Å². The summed E-state index contributed by atoms with van der Waals surface area (Å²) in [5, 5.41) is 10.2. The van der Waals surface area contributed by atoms with Crippen molar-refractivity contribution >= 4 is 0 Å². The summed E-state index contributed by atoms with van der Waals surface area (Å²) in [6.07, 6.45) is 5.03. The second kappa shape index (κ2) is 3.21. The van der Waals surface area contributed by atoms with Gasteiger partial charge < -0.3 is 5.11 Å². The van der Waals surface area contributed by atoms with Gasteiger partial charge in [-0.05, 0) is 24.5 Å². The molecule has 2 unspecified atom stereocenters. The van der Waals surface area contributed by atoms with Crippen LogP contribution in [0.5, 0.6) is 0 Å². The largest absolute Gasteiger partial charge is 0.387 e. The Labute approximate surface area is 84.3 Å². The third-order valence-corrected chi connectivity index (χ3v) is 3.36. The zero-order chi connectivity index (χ0) is 10.2. The highest BCUT2D eigenvalue weighted by atomic mass is 16.3. The summed E-state index contributed by atoms with van der Waals surface area (Å²) in [4.78, 5) is 4.01. The smallest absolute Gasteiger partial charge is 0.0895 e. The second-order valence-corrected chi connectivity index (χ2v) is 4.21. The van der Waals surface area contributed by atoms with Gasteiger partial charge in [0.25, 0.3) is 0 Å². The van der Waals surface area contributed by atoms with E-state index in [-0.39, 0.29) is 5.41 Å². The third kappa shape index (κ3) is 1.26. The molecule has 1 aliphatic carbocycles. The molecule has 0 radical (unpaired) electrons. The number of aliphatic hydroxyl groups is 1. The molecule has 0 bridgehead atoms. The van der Waals surface area contributed by atoms with Crippen molar-refractivity contribution in [3.05, 3.63) is 42.2 Å². The SMILES string of the molecule is C=C1CCC1(C)C(O)c1cccnc1. The number of nitrogens with zero attached hydrogens (tertiary/aromatic N) is 1. The number of hydrogen-bond acceptors (Lipinski definition) is 2. The zero-order valence-corrected chi connectivity index (χ0v) is 8.40. The highest BCUT2D eigenvalue weighted by Crippen LogP contribution is 2.52. The molecular formula is C12H15NO. The lowest BCUT2D eigenvalue weighted by Gasteiger charge is -2.44. The Kier molecular flexibility index (Phi) is 2.16. The predicted octanol–water partition coefficient (Wildman–Crippen LogP) is 2.47. The van der Waals surface area contributed by atoms with Crippen molar-refractivity contribution in [3.8, 4) is 0 Å². The fourth-order valence-corrected chi connectivity index (χ4v) is 1.93. The summed E-state index contributed by atoms with van der Waals surface area (Å²) in [5.41, 5.74) is 1.90. The van der Waals surface area contributed by atoms with Gasteiger partial charge in [0.05, 0.1) is 6.10 Å². The van der Waals surface area contributed by atoms with Crippen molar-refractivity contribution in [2.75, 3.05) is 0 Å². The van der Waals surface area contributed by atoms with E-state index in [4.69, 9.17) is 0 Å². The summed E-state index contributed by atoms with van der Waals surface area (Å²) in [6.45, 7) is 6.05. The highest BCUT2D eigenvalue weighted by molar-refractivity contribution is 5.27. The quantitative estimate of drug-likeness (QED) is 0.725. The Morgan fingerprint density at radius 1 is 1.64 bits per heavy atom. The van der Waals surface area contributed by atoms with Gasteiger partial charge in [0, 0.05) is 17.8 Å². The van der Waals surface area contributed by atoms with Crippen molar-refractivity contribution in [2.45, 2.75) is 25.9 Å². The van der Waals surface area contributed by atoms with Gasteiger partial charge in [0.2, 0.25) is 0 Å². The van der Waals surface area contributed by atoms with E-state index in [1.54, 1.807) is 12.4 Å². The van der Waals surface area contributed by atoms with Crippen LogP contribution in [0.3, 0.4) is 0 Å². The average molecular weight is 189 g/mol. The van der Waals surface area contributed by atoms with Crippen LogP contribution in [0.15, 0.2) is 36.7 Å². The fourth-order valence-electron chi connectivity index (χ4n) is 1.93. The first-order valence-electron chi connectivity index (χ1n) is 4.91. The van der Waals surface area contributed by atoms with Crippen LogP contribution in [0.1, 0.15) is 31.4 Å². The molecule has 1 aliphatic rings. The normalized spacial score (nSPS) is 28.3. The standard InChI is InChI=1S/C12H15NO/c1-9-5-6-12(9,2)11(14)10-4-3-7-13-8-10/h3-4,7-8,11,14H,1,5-6H2,2H3. The van der Waals surface area contributed by atoms with Crippen LogP contribution in [-0.2, 0) is 0 Å². The fraction of sp³-hybridized carbons (Fsp3) is 0.417. The molecule has 1 aromatic rings. The number of hydrogen-bond donors (Lipinski definition) is 1. The minimum Gasteiger partial charge on any atom is -0.387 e. The maximum Gasteiger partial charge on any atom is 0.0895 e.